The zero-order chi connectivity index (χ0) is 13.9. The SMILES string of the molecule is CC(O)C(CO)(c1ccccc1)c1ccc(O)cc1. The maximum Gasteiger partial charge on any atom is 0.115 e. The van der Waals surface area contributed by atoms with Crippen LogP contribution in [0.5, 0.6) is 5.75 Å². The quantitative estimate of drug-likeness (QED) is 0.786. The standard InChI is InChI=1S/C16H18O3/c1-12(18)16(11-17,13-5-3-2-4-6-13)14-7-9-15(19)10-8-14/h2-10,12,17-19H,11H2,1H3. The minimum absolute atomic E-state index is 0.161. The molecule has 100 valence electrons. The van der Waals surface area contributed by atoms with Gasteiger partial charge in [0.15, 0.2) is 0 Å². The van der Waals surface area contributed by atoms with Gasteiger partial charge in [-0.15, -0.1) is 0 Å². The first-order valence-corrected chi connectivity index (χ1v) is 6.25. The van der Waals surface area contributed by atoms with Crippen LogP contribution in [-0.4, -0.2) is 28.0 Å². The summed E-state index contributed by atoms with van der Waals surface area (Å²) >= 11 is 0. The molecule has 0 amide bonds. The number of aromatic hydroxyl groups is 1. The largest absolute Gasteiger partial charge is 0.508 e. The number of aliphatic hydroxyl groups excluding tert-OH is 2. The van der Waals surface area contributed by atoms with Gasteiger partial charge in [0.2, 0.25) is 0 Å². The first-order valence-electron chi connectivity index (χ1n) is 6.25. The fraction of sp³-hybridized carbons (Fsp3) is 0.250. The van der Waals surface area contributed by atoms with Gasteiger partial charge in [-0.2, -0.15) is 0 Å². The second-order valence-electron chi connectivity index (χ2n) is 4.72. The third-order valence-corrected chi connectivity index (χ3v) is 3.63. The highest BCUT2D eigenvalue weighted by molar-refractivity contribution is 5.42. The van der Waals surface area contributed by atoms with Crippen molar-refractivity contribution in [1.82, 2.24) is 0 Å². The van der Waals surface area contributed by atoms with Crippen LogP contribution in [0.15, 0.2) is 54.6 Å². The van der Waals surface area contributed by atoms with Gasteiger partial charge < -0.3 is 15.3 Å². The summed E-state index contributed by atoms with van der Waals surface area (Å²) in [5.41, 5.74) is 0.738. The normalized spacial score (nSPS) is 15.7. The van der Waals surface area contributed by atoms with Crippen molar-refractivity contribution in [2.75, 3.05) is 6.61 Å². The molecule has 0 aliphatic carbocycles. The third kappa shape index (κ3) is 2.35. The summed E-state index contributed by atoms with van der Waals surface area (Å²) < 4.78 is 0. The van der Waals surface area contributed by atoms with E-state index in [4.69, 9.17) is 0 Å². The maximum atomic E-state index is 10.2. The first-order chi connectivity index (χ1) is 9.11. The molecule has 0 aliphatic heterocycles. The molecule has 3 nitrogen and oxygen atoms in total. The maximum absolute atomic E-state index is 10.2. The molecule has 0 fully saturated rings. The molecule has 3 heteroatoms. The molecule has 0 bridgehead atoms. The predicted molar refractivity (Wildman–Crippen MR) is 74.1 cm³/mol. The molecule has 0 heterocycles. The first kappa shape index (κ1) is 13.6. The van der Waals surface area contributed by atoms with Crippen LogP contribution in [0, 0.1) is 0 Å². The van der Waals surface area contributed by atoms with Gasteiger partial charge in [0.05, 0.1) is 18.1 Å². The average molecular weight is 258 g/mol. The van der Waals surface area contributed by atoms with Crippen molar-refractivity contribution < 1.29 is 15.3 Å². The van der Waals surface area contributed by atoms with Crippen LogP contribution in [0.4, 0.5) is 0 Å². The highest BCUT2D eigenvalue weighted by Gasteiger charge is 2.38. The Bertz CT molecular complexity index is 519. The molecule has 3 N–H and O–H groups in total. The van der Waals surface area contributed by atoms with E-state index in [-0.39, 0.29) is 12.4 Å². The Hall–Kier alpha value is -1.84. The fourth-order valence-electron chi connectivity index (χ4n) is 2.46. The highest BCUT2D eigenvalue weighted by atomic mass is 16.3. The van der Waals surface area contributed by atoms with Gasteiger partial charge in [0.25, 0.3) is 0 Å². The number of hydrogen-bond donors (Lipinski definition) is 3. The van der Waals surface area contributed by atoms with Crippen LogP contribution in [0.2, 0.25) is 0 Å². The van der Waals surface area contributed by atoms with Crippen molar-refractivity contribution >= 4 is 0 Å². The van der Waals surface area contributed by atoms with Crippen LogP contribution in [0.3, 0.4) is 0 Å². The molecule has 0 aromatic heterocycles. The Morgan fingerprint density at radius 2 is 1.47 bits per heavy atom. The number of rotatable bonds is 4. The molecule has 0 saturated heterocycles. The molecule has 2 rings (SSSR count). The summed E-state index contributed by atoms with van der Waals surface area (Å²) in [4.78, 5) is 0. The summed E-state index contributed by atoms with van der Waals surface area (Å²) in [7, 11) is 0. The summed E-state index contributed by atoms with van der Waals surface area (Å²) in [5, 5.41) is 29.5. The average Bonchev–Trinajstić information content (AvgIpc) is 2.43. The van der Waals surface area contributed by atoms with Crippen molar-refractivity contribution in [1.29, 1.82) is 0 Å². The predicted octanol–water partition coefficient (Wildman–Crippen LogP) is 2.05. The van der Waals surface area contributed by atoms with Gasteiger partial charge in [-0.1, -0.05) is 42.5 Å². The van der Waals surface area contributed by atoms with Crippen LogP contribution in [-0.2, 0) is 5.41 Å². The Kier molecular flexibility index (Phi) is 3.88. The van der Waals surface area contributed by atoms with E-state index >= 15 is 0 Å². The van der Waals surface area contributed by atoms with Crippen molar-refractivity contribution in [2.45, 2.75) is 18.4 Å². The highest BCUT2D eigenvalue weighted by Crippen LogP contribution is 2.36. The number of phenolic OH excluding ortho intramolecular Hbond substituents is 1. The van der Waals surface area contributed by atoms with Crippen LogP contribution in [0.1, 0.15) is 18.1 Å². The van der Waals surface area contributed by atoms with E-state index in [1.807, 2.05) is 30.3 Å². The molecular formula is C16H18O3. The van der Waals surface area contributed by atoms with E-state index in [9.17, 15) is 15.3 Å². The Labute approximate surface area is 112 Å². The molecule has 2 atom stereocenters. The van der Waals surface area contributed by atoms with E-state index in [1.54, 1.807) is 31.2 Å². The van der Waals surface area contributed by atoms with E-state index in [1.165, 1.54) is 0 Å². The Morgan fingerprint density at radius 1 is 0.947 bits per heavy atom. The minimum atomic E-state index is -0.880. The molecule has 0 aliphatic rings. The van der Waals surface area contributed by atoms with Crippen LogP contribution >= 0.6 is 0 Å². The molecule has 2 unspecified atom stereocenters. The fourth-order valence-corrected chi connectivity index (χ4v) is 2.46. The number of hydrogen-bond acceptors (Lipinski definition) is 3. The summed E-state index contributed by atoms with van der Waals surface area (Å²) in [5.74, 6) is 0.161. The van der Waals surface area contributed by atoms with Crippen LogP contribution < -0.4 is 0 Å². The lowest BCUT2D eigenvalue weighted by molar-refractivity contribution is 0.0742. The van der Waals surface area contributed by atoms with Gasteiger partial charge in [0, 0.05) is 0 Å². The zero-order valence-corrected chi connectivity index (χ0v) is 10.8. The minimum Gasteiger partial charge on any atom is -0.508 e. The van der Waals surface area contributed by atoms with Gasteiger partial charge in [0.1, 0.15) is 5.75 Å². The monoisotopic (exact) mass is 258 g/mol. The van der Waals surface area contributed by atoms with E-state index in [0.29, 0.717) is 0 Å². The van der Waals surface area contributed by atoms with E-state index in [0.717, 1.165) is 11.1 Å². The second-order valence-corrected chi connectivity index (χ2v) is 4.72. The number of phenols is 1. The molecule has 0 radical (unpaired) electrons. The smallest absolute Gasteiger partial charge is 0.115 e. The third-order valence-electron chi connectivity index (χ3n) is 3.63. The second kappa shape index (κ2) is 5.43. The van der Waals surface area contributed by atoms with Crippen LogP contribution in [0.25, 0.3) is 0 Å². The van der Waals surface area contributed by atoms with E-state index in [2.05, 4.69) is 0 Å². The lowest BCUT2D eigenvalue weighted by Crippen LogP contribution is -2.42. The molecular weight excluding hydrogens is 240 g/mol. The summed E-state index contributed by atoms with van der Waals surface area (Å²) in [6.07, 6.45) is -0.760. The van der Waals surface area contributed by atoms with Gasteiger partial charge in [-0.05, 0) is 30.2 Å². The lowest BCUT2D eigenvalue weighted by Gasteiger charge is -2.36. The molecule has 0 saturated carbocycles. The topological polar surface area (TPSA) is 60.7 Å². The van der Waals surface area contributed by atoms with Crippen molar-refractivity contribution in [2.24, 2.45) is 0 Å². The zero-order valence-electron chi connectivity index (χ0n) is 10.8. The van der Waals surface area contributed by atoms with Gasteiger partial charge >= 0.3 is 0 Å². The number of benzene rings is 2. The lowest BCUT2D eigenvalue weighted by atomic mass is 9.71. The molecule has 2 aromatic carbocycles. The Balaban J connectivity index is 2.61. The van der Waals surface area contributed by atoms with Crippen molar-refractivity contribution in [3.8, 4) is 5.75 Å². The molecule has 0 spiro atoms. The summed E-state index contributed by atoms with van der Waals surface area (Å²) in [6, 6.07) is 16.0. The Morgan fingerprint density at radius 3 is 1.95 bits per heavy atom. The van der Waals surface area contributed by atoms with Gasteiger partial charge in [-0.25, -0.2) is 0 Å². The molecule has 19 heavy (non-hydrogen) atoms. The molecule has 2 aromatic rings. The van der Waals surface area contributed by atoms with Crippen molar-refractivity contribution in [3.05, 3.63) is 65.7 Å². The summed E-state index contributed by atoms with van der Waals surface area (Å²) in [6.45, 7) is 1.45. The van der Waals surface area contributed by atoms with E-state index < -0.39 is 11.5 Å². The van der Waals surface area contributed by atoms with Gasteiger partial charge in [-0.3, -0.25) is 0 Å². The number of aliphatic hydroxyl groups is 2. The van der Waals surface area contributed by atoms with Crippen molar-refractivity contribution in [3.63, 3.8) is 0 Å².